The van der Waals surface area contributed by atoms with Gasteiger partial charge in [-0.05, 0) is 12.3 Å². The van der Waals surface area contributed by atoms with Gasteiger partial charge in [0.2, 0.25) is 0 Å². The van der Waals surface area contributed by atoms with Crippen LogP contribution in [0, 0.1) is 5.41 Å². The summed E-state index contributed by atoms with van der Waals surface area (Å²) >= 11 is 0. The third kappa shape index (κ3) is 2.93. The molecule has 78 valence electrons. The molecule has 1 rings (SSSR count). The zero-order valence-electron chi connectivity index (χ0n) is 8.40. The Morgan fingerprint density at radius 1 is 1.23 bits per heavy atom. The van der Waals surface area contributed by atoms with Crippen molar-refractivity contribution in [2.75, 3.05) is 0 Å². The molecule has 13 heavy (non-hydrogen) atoms. The summed E-state index contributed by atoms with van der Waals surface area (Å²) in [5, 5.41) is 0. The minimum absolute atomic E-state index is 0.175. The van der Waals surface area contributed by atoms with Crippen LogP contribution in [-0.4, -0.2) is 20.6 Å². The fourth-order valence-corrected chi connectivity index (χ4v) is 2.42. The van der Waals surface area contributed by atoms with Crippen LogP contribution < -0.4 is 0 Å². The quantitative estimate of drug-likeness (QED) is 0.605. The first-order valence-corrected chi connectivity index (χ1v) is 5.65. The zero-order valence-corrected chi connectivity index (χ0v) is 9.22. The van der Waals surface area contributed by atoms with Gasteiger partial charge in [-0.25, -0.2) is 8.37 Å². The Kier molecular flexibility index (Phi) is 2.71. The molecule has 0 aromatic carbocycles. The van der Waals surface area contributed by atoms with Crippen LogP contribution in [0.3, 0.4) is 0 Å². The highest BCUT2D eigenvalue weighted by Gasteiger charge is 2.37. The maximum atomic E-state index is 11.1. The minimum Gasteiger partial charge on any atom is -0.245 e. The molecule has 0 unspecified atom stereocenters. The lowest BCUT2D eigenvalue weighted by Crippen LogP contribution is -2.40. The van der Waals surface area contributed by atoms with Crippen molar-refractivity contribution in [2.24, 2.45) is 5.41 Å². The van der Waals surface area contributed by atoms with Crippen molar-refractivity contribution in [1.29, 1.82) is 0 Å². The second-order valence-corrected chi connectivity index (χ2v) is 5.70. The normalized spacial score (nSPS) is 34.5. The predicted octanol–water partition coefficient (Wildman–Crippen LogP) is 1.47. The second-order valence-electron chi connectivity index (χ2n) is 4.50. The third-order valence-corrected chi connectivity index (χ3v) is 3.06. The van der Waals surface area contributed by atoms with Gasteiger partial charge in [-0.1, -0.05) is 20.8 Å². The molecule has 2 atom stereocenters. The summed E-state index contributed by atoms with van der Waals surface area (Å²) in [6.07, 6.45) is 0.0344. The molecule has 0 amide bonds. The van der Waals surface area contributed by atoms with E-state index < -0.39 is 10.4 Å². The van der Waals surface area contributed by atoms with E-state index in [1.54, 1.807) is 6.92 Å². The molecule has 0 saturated carbocycles. The minimum atomic E-state index is -3.76. The summed E-state index contributed by atoms with van der Waals surface area (Å²) in [6.45, 7) is 7.58. The van der Waals surface area contributed by atoms with Gasteiger partial charge in [-0.2, -0.15) is 8.42 Å². The molecule has 0 spiro atoms. The van der Waals surface area contributed by atoms with E-state index in [4.69, 9.17) is 4.18 Å². The first-order valence-electron chi connectivity index (χ1n) is 4.32. The molecule has 0 N–H and O–H groups in total. The van der Waals surface area contributed by atoms with E-state index in [9.17, 15) is 8.42 Å². The van der Waals surface area contributed by atoms with Crippen molar-refractivity contribution in [3.63, 3.8) is 0 Å². The molecular weight excluding hydrogens is 192 g/mol. The van der Waals surface area contributed by atoms with Crippen molar-refractivity contribution in [2.45, 2.75) is 46.3 Å². The fraction of sp³-hybridized carbons (Fsp3) is 1.00. The Morgan fingerprint density at radius 2 is 1.77 bits per heavy atom. The van der Waals surface area contributed by atoms with Crippen molar-refractivity contribution >= 4 is 10.4 Å². The van der Waals surface area contributed by atoms with Crippen LogP contribution >= 0.6 is 0 Å². The van der Waals surface area contributed by atoms with Crippen molar-refractivity contribution in [3.8, 4) is 0 Å². The molecule has 0 aliphatic carbocycles. The zero-order chi connectivity index (χ0) is 10.3. The van der Waals surface area contributed by atoms with E-state index in [1.807, 2.05) is 20.8 Å². The van der Waals surface area contributed by atoms with E-state index in [-0.39, 0.29) is 17.6 Å². The van der Waals surface area contributed by atoms with E-state index in [0.717, 1.165) is 0 Å². The highest BCUT2D eigenvalue weighted by Crippen LogP contribution is 2.32. The number of hydrogen-bond acceptors (Lipinski definition) is 4. The molecule has 4 nitrogen and oxygen atoms in total. The molecule has 1 fully saturated rings. The van der Waals surface area contributed by atoms with Gasteiger partial charge in [0.05, 0.1) is 12.2 Å². The van der Waals surface area contributed by atoms with E-state index in [1.165, 1.54) is 0 Å². The highest BCUT2D eigenvalue weighted by molar-refractivity contribution is 7.81. The lowest BCUT2D eigenvalue weighted by Gasteiger charge is -2.34. The second kappa shape index (κ2) is 3.22. The lowest BCUT2D eigenvalue weighted by atomic mass is 9.86. The molecule has 1 saturated heterocycles. The summed E-state index contributed by atoms with van der Waals surface area (Å²) in [6, 6.07) is 0. The summed E-state index contributed by atoms with van der Waals surface area (Å²) < 4.78 is 31.7. The average molecular weight is 208 g/mol. The van der Waals surface area contributed by atoms with Crippen LogP contribution in [0.4, 0.5) is 0 Å². The molecule has 0 radical (unpaired) electrons. The molecule has 0 aromatic heterocycles. The molecule has 0 aromatic rings. The monoisotopic (exact) mass is 208 g/mol. The van der Waals surface area contributed by atoms with Gasteiger partial charge in [0.15, 0.2) is 0 Å². The van der Waals surface area contributed by atoms with E-state index in [2.05, 4.69) is 4.18 Å². The summed E-state index contributed by atoms with van der Waals surface area (Å²) in [5.41, 5.74) is -0.175. The number of rotatable bonds is 0. The van der Waals surface area contributed by atoms with Gasteiger partial charge in [0.1, 0.15) is 0 Å². The maximum absolute atomic E-state index is 11.1. The van der Waals surface area contributed by atoms with Crippen LogP contribution in [0.5, 0.6) is 0 Å². The van der Waals surface area contributed by atoms with Gasteiger partial charge in [-0.15, -0.1) is 0 Å². The summed E-state index contributed by atoms with van der Waals surface area (Å²) in [5.74, 6) is 0. The molecule has 1 heterocycles. The Hall–Kier alpha value is -0.130. The predicted molar refractivity (Wildman–Crippen MR) is 48.4 cm³/mol. The number of hydrogen-bond donors (Lipinski definition) is 0. The Morgan fingerprint density at radius 3 is 2.15 bits per heavy atom. The molecule has 1 aliphatic rings. The Balaban J connectivity index is 2.81. The van der Waals surface area contributed by atoms with Gasteiger partial charge in [0, 0.05) is 6.42 Å². The average Bonchev–Trinajstić information content (AvgIpc) is 1.79. The van der Waals surface area contributed by atoms with Crippen LogP contribution in [-0.2, 0) is 18.8 Å². The van der Waals surface area contributed by atoms with Gasteiger partial charge in [0.25, 0.3) is 0 Å². The SMILES string of the molecule is C[C@@H]1C[C@H](C(C)(C)C)OS(=O)(=O)O1. The van der Waals surface area contributed by atoms with Gasteiger partial charge in [-0.3, -0.25) is 0 Å². The van der Waals surface area contributed by atoms with Crippen LogP contribution in [0.15, 0.2) is 0 Å². The first kappa shape index (κ1) is 10.9. The van der Waals surface area contributed by atoms with Gasteiger partial charge < -0.3 is 0 Å². The van der Waals surface area contributed by atoms with Crippen LogP contribution in [0.1, 0.15) is 34.1 Å². The van der Waals surface area contributed by atoms with E-state index in [0.29, 0.717) is 6.42 Å². The summed E-state index contributed by atoms with van der Waals surface area (Å²) in [7, 11) is -3.76. The largest absolute Gasteiger partial charge is 0.400 e. The molecule has 0 bridgehead atoms. The Labute approximate surface area is 79.6 Å². The van der Waals surface area contributed by atoms with Crippen LogP contribution in [0.2, 0.25) is 0 Å². The highest BCUT2D eigenvalue weighted by atomic mass is 32.3. The standard InChI is InChI=1S/C8H16O4S/c1-6-5-7(8(2,3)4)12-13(9,10)11-6/h6-7H,5H2,1-4H3/t6-,7-/m1/s1. The summed E-state index contributed by atoms with van der Waals surface area (Å²) in [4.78, 5) is 0. The third-order valence-electron chi connectivity index (χ3n) is 2.03. The van der Waals surface area contributed by atoms with Gasteiger partial charge >= 0.3 is 10.4 Å². The topological polar surface area (TPSA) is 52.6 Å². The lowest BCUT2D eigenvalue weighted by molar-refractivity contribution is -0.00608. The van der Waals surface area contributed by atoms with Crippen molar-refractivity contribution < 1.29 is 16.8 Å². The molecular formula is C8H16O4S. The van der Waals surface area contributed by atoms with E-state index >= 15 is 0 Å². The van der Waals surface area contributed by atoms with Crippen LogP contribution in [0.25, 0.3) is 0 Å². The van der Waals surface area contributed by atoms with Crippen molar-refractivity contribution in [3.05, 3.63) is 0 Å². The molecule has 1 aliphatic heterocycles. The fourth-order valence-electron chi connectivity index (χ4n) is 1.24. The smallest absolute Gasteiger partial charge is 0.245 e. The Bertz CT molecular complexity index is 275. The first-order chi connectivity index (χ1) is 5.71. The maximum Gasteiger partial charge on any atom is 0.400 e. The molecule has 5 heteroatoms. The van der Waals surface area contributed by atoms with Crippen molar-refractivity contribution in [1.82, 2.24) is 0 Å².